The summed E-state index contributed by atoms with van der Waals surface area (Å²) in [6.07, 6.45) is 0.772. The molecule has 0 bridgehead atoms. The van der Waals surface area contributed by atoms with Gasteiger partial charge in [0.2, 0.25) is 0 Å². The number of H-pyrrole nitrogens is 1. The van der Waals surface area contributed by atoms with Crippen molar-refractivity contribution in [2.75, 3.05) is 17.6 Å². The van der Waals surface area contributed by atoms with Crippen molar-refractivity contribution in [3.63, 3.8) is 0 Å². The Balaban J connectivity index is 2.66. The van der Waals surface area contributed by atoms with Crippen LogP contribution >= 0.6 is 0 Å². The minimum absolute atomic E-state index is 0.0356. The van der Waals surface area contributed by atoms with Crippen molar-refractivity contribution >= 4 is 11.5 Å². The minimum Gasteiger partial charge on any atom is -0.391 e. The van der Waals surface area contributed by atoms with Gasteiger partial charge >= 0.3 is 0 Å². The second-order valence-electron chi connectivity index (χ2n) is 3.69. The third-order valence-electron chi connectivity index (χ3n) is 2.14. The highest BCUT2D eigenvalue weighted by Gasteiger charge is 2.10. The highest BCUT2D eigenvalue weighted by Crippen LogP contribution is 2.08. The van der Waals surface area contributed by atoms with Crippen LogP contribution in [0.25, 0.3) is 0 Å². The maximum absolute atomic E-state index is 11.1. The summed E-state index contributed by atoms with van der Waals surface area (Å²) in [6.45, 7) is 4.13. The summed E-state index contributed by atoms with van der Waals surface area (Å²) >= 11 is 0. The van der Waals surface area contributed by atoms with Gasteiger partial charge in [0.15, 0.2) is 5.82 Å². The molecular formula is C9H16N4O2. The van der Waals surface area contributed by atoms with Crippen LogP contribution in [0.5, 0.6) is 0 Å². The van der Waals surface area contributed by atoms with E-state index in [9.17, 15) is 9.90 Å². The van der Waals surface area contributed by atoms with E-state index in [2.05, 4.69) is 15.3 Å². The smallest absolute Gasteiger partial charge is 0.276 e. The molecule has 0 spiro atoms. The van der Waals surface area contributed by atoms with E-state index in [-0.39, 0.29) is 17.2 Å². The van der Waals surface area contributed by atoms with Crippen LogP contribution in [0.1, 0.15) is 13.8 Å². The number of nitrogens with one attached hydrogen (secondary N) is 2. The fraction of sp³-hybridized carbons (Fsp3) is 0.556. The van der Waals surface area contributed by atoms with Gasteiger partial charge in [-0.25, -0.2) is 4.98 Å². The number of aliphatic hydroxyl groups excluding tert-OH is 1. The van der Waals surface area contributed by atoms with E-state index in [0.717, 1.165) is 0 Å². The van der Waals surface area contributed by atoms with Gasteiger partial charge < -0.3 is 21.1 Å². The van der Waals surface area contributed by atoms with Crippen LogP contribution in [0, 0.1) is 5.92 Å². The Morgan fingerprint density at radius 2 is 2.33 bits per heavy atom. The molecule has 1 atom stereocenters. The quantitative estimate of drug-likeness (QED) is 0.552. The van der Waals surface area contributed by atoms with E-state index in [1.54, 1.807) is 0 Å². The van der Waals surface area contributed by atoms with Crippen molar-refractivity contribution in [3.05, 3.63) is 16.7 Å². The van der Waals surface area contributed by atoms with Crippen molar-refractivity contribution in [1.29, 1.82) is 0 Å². The summed E-state index contributed by atoms with van der Waals surface area (Å²) in [4.78, 5) is 17.3. The molecule has 0 radical (unpaired) electrons. The molecule has 0 saturated carbocycles. The molecule has 15 heavy (non-hydrogen) atoms. The third-order valence-corrected chi connectivity index (χ3v) is 2.14. The van der Waals surface area contributed by atoms with E-state index in [0.29, 0.717) is 12.4 Å². The molecule has 5 N–H and O–H groups in total. The normalized spacial score (nSPS) is 12.8. The number of nitrogens with two attached hydrogens (primary N) is 1. The van der Waals surface area contributed by atoms with Crippen molar-refractivity contribution < 1.29 is 5.11 Å². The second-order valence-corrected chi connectivity index (χ2v) is 3.69. The van der Waals surface area contributed by atoms with Gasteiger partial charge in [-0.15, -0.1) is 0 Å². The molecule has 6 nitrogen and oxygen atoms in total. The fourth-order valence-electron chi connectivity index (χ4n) is 0.988. The SMILES string of the molecule is CC(C)C(O)CNc1nc[nH]c(=O)c1N. The average Bonchev–Trinajstić information content (AvgIpc) is 2.19. The Morgan fingerprint density at radius 1 is 1.67 bits per heavy atom. The Kier molecular flexibility index (Phi) is 3.68. The molecule has 0 aromatic carbocycles. The number of hydrogen-bond donors (Lipinski definition) is 4. The Morgan fingerprint density at radius 3 is 2.93 bits per heavy atom. The van der Waals surface area contributed by atoms with Gasteiger partial charge in [0.25, 0.3) is 5.56 Å². The molecular weight excluding hydrogens is 196 g/mol. The number of aromatic amines is 1. The lowest BCUT2D eigenvalue weighted by molar-refractivity contribution is 0.138. The monoisotopic (exact) mass is 212 g/mol. The van der Waals surface area contributed by atoms with Crippen LogP contribution in [-0.2, 0) is 0 Å². The molecule has 1 rings (SSSR count). The maximum atomic E-state index is 11.1. The van der Waals surface area contributed by atoms with Gasteiger partial charge in [0.05, 0.1) is 12.4 Å². The highest BCUT2D eigenvalue weighted by atomic mass is 16.3. The minimum atomic E-state index is -0.495. The molecule has 0 aliphatic heterocycles. The van der Waals surface area contributed by atoms with Crippen LogP contribution in [-0.4, -0.2) is 27.7 Å². The maximum Gasteiger partial charge on any atom is 0.276 e. The summed E-state index contributed by atoms with van der Waals surface area (Å²) in [5.74, 6) is 0.444. The van der Waals surface area contributed by atoms with Crippen molar-refractivity contribution in [3.8, 4) is 0 Å². The van der Waals surface area contributed by atoms with Gasteiger partial charge in [0, 0.05) is 6.54 Å². The van der Waals surface area contributed by atoms with Crippen LogP contribution in [0.4, 0.5) is 11.5 Å². The van der Waals surface area contributed by atoms with Gasteiger partial charge in [-0.2, -0.15) is 0 Å². The van der Waals surface area contributed by atoms with E-state index < -0.39 is 6.10 Å². The molecule has 0 aliphatic carbocycles. The standard InChI is InChI=1S/C9H16N4O2/c1-5(2)6(14)3-11-8-7(10)9(15)13-4-12-8/h4-6,14H,3,10H2,1-2H3,(H2,11,12,13,15). The topological polar surface area (TPSA) is 104 Å². The predicted molar refractivity (Wildman–Crippen MR) is 58.6 cm³/mol. The molecule has 6 heteroatoms. The van der Waals surface area contributed by atoms with Crippen molar-refractivity contribution in [2.24, 2.45) is 5.92 Å². The predicted octanol–water partition coefficient (Wildman–Crippen LogP) is -0.219. The fourth-order valence-corrected chi connectivity index (χ4v) is 0.988. The van der Waals surface area contributed by atoms with E-state index in [4.69, 9.17) is 5.73 Å². The first-order chi connectivity index (χ1) is 7.02. The van der Waals surface area contributed by atoms with Gasteiger partial charge in [-0.1, -0.05) is 13.8 Å². The first-order valence-corrected chi connectivity index (χ1v) is 4.77. The molecule has 1 aromatic heterocycles. The molecule has 0 amide bonds. The number of anilines is 2. The van der Waals surface area contributed by atoms with Crippen molar-refractivity contribution in [1.82, 2.24) is 9.97 Å². The van der Waals surface area contributed by atoms with Gasteiger partial charge in [-0.05, 0) is 5.92 Å². The summed E-state index contributed by atoms with van der Waals surface area (Å²) in [7, 11) is 0. The zero-order chi connectivity index (χ0) is 11.4. The number of aliphatic hydroxyl groups is 1. The Labute approximate surface area is 87.5 Å². The number of rotatable bonds is 4. The summed E-state index contributed by atoms with van der Waals surface area (Å²) in [5, 5.41) is 12.4. The largest absolute Gasteiger partial charge is 0.391 e. The molecule has 1 unspecified atom stereocenters. The Hall–Kier alpha value is -1.56. The summed E-state index contributed by atoms with van der Waals surface area (Å²) in [5.41, 5.74) is 5.15. The van der Waals surface area contributed by atoms with E-state index in [1.165, 1.54) is 6.33 Å². The third kappa shape index (κ3) is 2.95. The number of nitrogens with zero attached hydrogens (tertiary/aromatic N) is 1. The van der Waals surface area contributed by atoms with Crippen LogP contribution in [0.2, 0.25) is 0 Å². The average molecular weight is 212 g/mol. The lowest BCUT2D eigenvalue weighted by atomic mass is 10.1. The first-order valence-electron chi connectivity index (χ1n) is 4.77. The van der Waals surface area contributed by atoms with Gasteiger partial charge in [0.1, 0.15) is 5.69 Å². The summed E-state index contributed by atoms with van der Waals surface area (Å²) < 4.78 is 0. The van der Waals surface area contributed by atoms with Crippen LogP contribution in [0.15, 0.2) is 11.1 Å². The highest BCUT2D eigenvalue weighted by molar-refractivity contribution is 5.58. The number of nitrogen functional groups attached to an aromatic ring is 1. The van der Waals surface area contributed by atoms with Gasteiger partial charge in [-0.3, -0.25) is 4.79 Å². The molecule has 0 saturated heterocycles. The lowest BCUT2D eigenvalue weighted by Gasteiger charge is -2.15. The van der Waals surface area contributed by atoms with Crippen LogP contribution in [0.3, 0.4) is 0 Å². The summed E-state index contributed by atoms with van der Waals surface area (Å²) in [6, 6.07) is 0. The van der Waals surface area contributed by atoms with Crippen LogP contribution < -0.4 is 16.6 Å². The molecule has 84 valence electrons. The number of hydrogen-bond acceptors (Lipinski definition) is 5. The lowest BCUT2D eigenvalue weighted by Crippen LogP contribution is -2.26. The molecule has 0 aliphatic rings. The molecule has 1 heterocycles. The molecule has 1 aromatic rings. The first kappa shape index (κ1) is 11.5. The molecule has 0 fully saturated rings. The zero-order valence-electron chi connectivity index (χ0n) is 8.82. The van der Waals surface area contributed by atoms with Crippen molar-refractivity contribution in [2.45, 2.75) is 20.0 Å². The van der Waals surface area contributed by atoms with E-state index >= 15 is 0 Å². The number of aromatic nitrogens is 2. The zero-order valence-corrected chi connectivity index (χ0v) is 8.82. The second kappa shape index (κ2) is 4.79. The Bertz CT molecular complexity index is 375. The van der Waals surface area contributed by atoms with E-state index in [1.807, 2.05) is 13.8 Å².